The van der Waals surface area contributed by atoms with E-state index in [9.17, 15) is 8.42 Å². The molecule has 2 atom stereocenters. The molecule has 3 rings (SSSR count). The predicted octanol–water partition coefficient (Wildman–Crippen LogP) is 0.910. The molecule has 1 saturated heterocycles. The number of nitrogens with zero attached hydrogens (tertiary/aromatic N) is 3. The van der Waals surface area contributed by atoms with Gasteiger partial charge in [-0.15, -0.1) is 0 Å². The lowest BCUT2D eigenvalue weighted by atomic mass is 10.1. The highest BCUT2D eigenvalue weighted by atomic mass is 32.2. The first-order valence-corrected chi connectivity index (χ1v) is 9.22. The first kappa shape index (κ1) is 14.9. The van der Waals surface area contributed by atoms with Gasteiger partial charge >= 0.3 is 0 Å². The molecule has 0 bridgehead atoms. The summed E-state index contributed by atoms with van der Waals surface area (Å²) in [6.07, 6.45) is 4.34. The summed E-state index contributed by atoms with van der Waals surface area (Å²) in [6.45, 7) is 3.39. The Morgan fingerprint density at radius 2 is 2.24 bits per heavy atom. The zero-order chi connectivity index (χ0) is 14.9. The molecule has 3 heterocycles. The highest BCUT2D eigenvalue weighted by Gasteiger charge is 2.28. The van der Waals surface area contributed by atoms with E-state index in [-0.39, 0.29) is 17.9 Å². The minimum atomic E-state index is -3.31. The number of aryl methyl sites for hydroxylation is 2. The van der Waals surface area contributed by atoms with Crippen molar-refractivity contribution >= 4 is 10.0 Å². The van der Waals surface area contributed by atoms with Crippen LogP contribution in [0.25, 0.3) is 0 Å². The molecule has 7 nitrogen and oxygen atoms in total. The second-order valence-electron chi connectivity index (χ2n) is 5.80. The predicted molar refractivity (Wildman–Crippen MR) is 77.2 cm³/mol. The highest BCUT2D eigenvalue weighted by Crippen LogP contribution is 2.24. The normalized spacial score (nSPS) is 26.0. The molecular weight excluding hydrogens is 292 g/mol. The number of hydrogen-bond donors (Lipinski definition) is 1. The van der Waals surface area contributed by atoms with Gasteiger partial charge in [0.1, 0.15) is 11.6 Å². The summed E-state index contributed by atoms with van der Waals surface area (Å²) in [5, 5.41) is 4.29. The monoisotopic (exact) mass is 314 g/mol. The maximum atomic E-state index is 12.2. The van der Waals surface area contributed by atoms with Crippen LogP contribution in [0.4, 0.5) is 0 Å². The maximum absolute atomic E-state index is 12.2. The molecule has 0 spiro atoms. The zero-order valence-corrected chi connectivity index (χ0v) is 13.1. The molecule has 2 unspecified atom stereocenters. The second-order valence-corrected chi connectivity index (χ2v) is 7.67. The fraction of sp³-hybridized carbons (Fsp3) is 0.846. The van der Waals surface area contributed by atoms with Crippen molar-refractivity contribution in [2.45, 2.75) is 57.7 Å². The van der Waals surface area contributed by atoms with Gasteiger partial charge in [-0.1, -0.05) is 0 Å². The number of ether oxygens (including phenoxy) is 1. The third-order valence-corrected chi connectivity index (χ3v) is 5.45. The van der Waals surface area contributed by atoms with E-state index in [0.29, 0.717) is 12.2 Å². The average Bonchev–Trinajstić information content (AvgIpc) is 3.05. The molecule has 1 aromatic rings. The summed E-state index contributed by atoms with van der Waals surface area (Å²) in [5.41, 5.74) is 0. The Hall–Kier alpha value is -0.990. The van der Waals surface area contributed by atoms with Gasteiger partial charge in [0.05, 0.1) is 17.9 Å². The Kier molecular flexibility index (Phi) is 4.28. The topological polar surface area (TPSA) is 86.1 Å². The van der Waals surface area contributed by atoms with Crippen LogP contribution in [0.1, 0.15) is 49.8 Å². The first-order valence-electron chi connectivity index (χ1n) is 7.56. The van der Waals surface area contributed by atoms with Crippen LogP contribution < -0.4 is 4.72 Å². The molecule has 1 aromatic heterocycles. The van der Waals surface area contributed by atoms with Crippen LogP contribution in [0.3, 0.4) is 0 Å². The van der Waals surface area contributed by atoms with Crippen molar-refractivity contribution < 1.29 is 13.2 Å². The lowest BCUT2D eigenvalue weighted by molar-refractivity contribution is 0.108. The van der Waals surface area contributed by atoms with Crippen molar-refractivity contribution in [1.29, 1.82) is 0 Å². The Morgan fingerprint density at radius 3 is 3.00 bits per heavy atom. The molecule has 0 radical (unpaired) electrons. The quantitative estimate of drug-likeness (QED) is 0.873. The van der Waals surface area contributed by atoms with Gasteiger partial charge in [0.25, 0.3) is 0 Å². The highest BCUT2D eigenvalue weighted by molar-refractivity contribution is 7.89. The van der Waals surface area contributed by atoms with Gasteiger partial charge < -0.3 is 4.74 Å². The molecule has 0 aliphatic carbocycles. The number of nitrogens with one attached hydrogen (secondary N) is 1. The molecule has 1 fully saturated rings. The summed E-state index contributed by atoms with van der Waals surface area (Å²) < 4.78 is 34.6. The second kappa shape index (κ2) is 6.02. The number of fused-ring (bicyclic) bond motifs is 1. The molecular formula is C13H22N4O3S. The van der Waals surface area contributed by atoms with Crippen LogP contribution in [0.5, 0.6) is 0 Å². The Balaban J connectivity index is 1.62. The van der Waals surface area contributed by atoms with E-state index in [1.165, 1.54) is 0 Å². The maximum Gasteiger partial charge on any atom is 0.212 e. The number of hydrogen-bond acceptors (Lipinski definition) is 5. The van der Waals surface area contributed by atoms with E-state index < -0.39 is 10.0 Å². The van der Waals surface area contributed by atoms with Gasteiger partial charge in [-0.3, -0.25) is 0 Å². The lowest BCUT2D eigenvalue weighted by Crippen LogP contribution is -2.35. The van der Waals surface area contributed by atoms with E-state index in [1.54, 1.807) is 0 Å². The summed E-state index contributed by atoms with van der Waals surface area (Å²) in [5.74, 6) is 1.54. The molecule has 118 valence electrons. The molecule has 21 heavy (non-hydrogen) atoms. The van der Waals surface area contributed by atoms with Gasteiger partial charge in [0.2, 0.25) is 10.0 Å². The van der Waals surface area contributed by atoms with Gasteiger partial charge in [-0.05, 0) is 39.0 Å². The fourth-order valence-electron chi connectivity index (χ4n) is 3.01. The van der Waals surface area contributed by atoms with Gasteiger partial charge in [0.15, 0.2) is 0 Å². The lowest BCUT2D eigenvalue weighted by Gasteiger charge is -2.23. The number of rotatable bonds is 5. The van der Waals surface area contributed by atoms with Gasteiger partial charge in [-0.2, -0.15) is 5.10 Å². The van der Waals surface area contributed by atoms with Gasteiger partial charge in [0, 0.05) is 13.2 Å². The van der Waals surface area contributed by atoms with E-state index in [2.05, 4.69) is 14.8 Å². The van der Waals surface area contributed by atoms with Crippen LogP contribution in [0.2, 0.25) is 0 Å². The Morgan fingerprint density at radius 1 is 1.38 bits per heavy atom. The molecule has 2 aliphatic heterocycles. The Bertz CT molecular complexity index is 593. The van der Waals surface area contributed by atoms with E-state index >= 15 is 0 Å². The largest absolute Gasteiger partial charge is 0.378 e. The van der Waals surface area contributed by atoms with E-state index in [1.807, 2.05) is 11.6 Å². The summed E-state index contributed by atoms with van der Waals surface area (Å²) >= 11 is 0. The molecule has 0 amide bonds. The molecule has 2 aliphatic rings. The standard InChI is InChI=1S/C13H22N4O3S/c1-10-14-13-12(5-2-7-17(13)15-10)16-21(18,19)9-6-11-4-3-8-20-11/h11-12,16H,2-9H2,1H3. The number of sulfonamides is 1. The minimum Gasteiger partial charge on any atom is -0.378 e. The summed E-state index contributed by atoms with van der Waals surface area (Å²) in [4.78, 5) is 4.35. The molecule has 0 saturated carbocycles. The first-order chi connectivity index (χ1) is 10.0. The van der Waals surface area contributed by atoms with Gasteiger partial charge in [-0.25, -0.2) is 22.8 Å². The van der Waals surface area contributed by atoms with Crippen LogP contribution in [0.15, 0.2) is 0 Å². The minimum absolute atomic E-state index is 0.0961. The van der Waals surface area contributed by atoms with Crippen molar-refractivity contribution in [3.8, 4) is 0 Å². The third-order valence-electron chi connectivity index (χ3n) is 4.03. The van der Waals surface area contributed by atoms with E-state index in [4.69, 9.17) is 4.74 Å². The van der Waals surface area contributed by atoms with Crippen molar-refractivity contribution in [2.75, 3.05) is 12.4 Å². The van der Waals surface area contributed by atoms with Crippen LogP contribution in [-0.4, -0.2) is 41.6 Å². The molecule has 0 aromatic carbocycles. The van der Waals surface area contributed by atoms with Crippen molar-refractivity contribution in [1.82, 2.24) is 19.5 Å². The van der Waals surface area contributed by atoms with Crippen molar-refractivity contribution in [3.05, 3.63) is 11.6 Å². The Labute approximate surface area is 125 Å². The SMILES string of the molecule is Cc1nc2n(n1)CCCC2NS(=O)(=O)CCC1CCCO1. The fourth-order valence-corrected chi connectivity index (χ4v) is 4.36. The zero-order valence-electron chi connectivity index (χ0n) is 12.3. The average molecular weight is 314 g/mol. The van der Waals surface area contributed by atoms with Crippen LogP contribution in [-0.2, 0) is 21.3 Å². The molecule has 1 N–H and O–H groups in total. The van der Waals surface area contributed by atoms with Crippen LogP contribution in [0, 0.1) is 6.92 Å². The van der Waals surface area contributed by atoms with Crippen molar-refractivity contribution in [3.63, 3.8) is 0 Å². The van der Waals surface area contributed by atoms with Crippen molar-refractivity contribution in [2.24, 2.45) is 0 Å². The van der Waals surface area contributed by atoms with Crippen LogP contribution >= 0.6 is 0 Å². The number of aromatic nitrogens is 3. The van der Waals surface area contributed by atoms with E-state index in [0.717, 1.165) is 44.7 Å². The summed E-state index contributed by atoms with van der Waals surface area (Å²) in [6, 6.07) is -0.255. The summed E-state index contributed by atoms with van der Waals surface area (Å²) in [7, 11) is -3.31. The molecule has 8 heteroatoms. The smallest absolute Gasteiger partial charge is 0.212 e. The third kappa shape index (κ3) is 3.61.